The Morgan fingerprint density at radius 3 is 2.62 bits per heavy atom. The molecule has 1 rings (SSSR count). The van der Waals surface area contributed by atoms with Crippen LogP contribution in [0.2, 0.25) is 0 Å². The Balaban J connectivity index is 1.88. The molecule has 0 aromatic carbocycles. The van der Waals surface area contributed by atoms with E-state index in [0.29, 0.717) is 0 Å². The van der Waals surface area contributed by atoms with Crippen molar-refractivity contribution in [2.75, 3.05) is 6.54 Å². The molecule has 1 heterocycles. The zero-order valence-electron chi connectivity index (χ0n) is 10.6. The van der Waals surface area contributed by atoms with Crippen LogP contribution >= 0.6 is 0 Å². The number of aryl methyl sites for hydroxylation is 1. The first-order valence-electron chi connectivity index (χ1n) is 6.46. The Morgan fingerprint density at radius 1 is 1.19 bits per heavy atom. The van der Waals surface area contributed by atoms with Crippen LogP contribution in [0.4, 0.5) is 0 Å². The monoisotopic (exact) mass is 224 g/mol. The number of hydrogen-bond donors (Lipinski definition) is 1. The Hall–Kier alpha value is -0.830. The van der Waals surface area contributed by atoms with Crippen molar-refractivity contribution < 1.29 is 4.52 Å². The second-order valence-electron chi connectivity index (χ2n) is 4.37. The number of nitrogens with zero attached hydrogens (tertiary/aromatic N) is 1. The van der Waals surface area contributed by atoms with E-state index < -0.39 is 0 Å². The van der Waals surface area contributed by atoms with Crippen LogP contribution in [-0.4, -0.2) is 11.7 Å². The molecule has 0 spiro atoms. The number of hydrogen-bond acceptors (Lipinski definition) is 3. The summed E-state index contributed by atoms with van der Waals surface area (Å²) in [5.74, 6) is 0.886. The summed E-state index contributed by atoms with van der Waals surface area (Å²) in [7, 11) is 0. The quantitative estimate of drug-likeness (QED) is 0.653. The molecule has 0 bridgehead atoms. The SMILES string of the molecule is CCCCCCCCNCc1cc(C)on1. The zero-order chi connectivity index (χ0) is 11.6. The van der Waals surface area contributed by atoms with Crippen LogP contribution < -0.4 is 5.32 Å². The third-order valence-electron chi connectivity index (χ3n) is 2.69. The summed E-state index contributed by atoms with van der Waals surface area (Å²) in [6.07, 6.45) is 8.07. The molecule has 0 radical (unpaired) electrons. The Morgan fingerprint density at radius 2 is 1.94 bits per heavy atom. The summed E-state index contributed by atoms with van der Waals surface area (Å²) in [6.45, 7) is 6.08. The first-order chi connectivity index (χ1) is 7.83. The number of aromatic nitrogens is 1. The van der Waals surface area contributed by atoms with Crippen LogP contribution in [-0.2, 0) is 6.54 Å². The van der Waals surface area contributed by atoms with Gasteiger partial charge in [0.2, 0.25) is 0 Å². The molecule has 0 saturated carbocycles. The van der Waals surface area contributed by atoms with Crippen molar-refractivity contribution in [3.63, 3.8) is 0 Å². The van der Waals surface area contributed by atoms with Gasteiger partial charge in [-0.3, -0.25) is 0 Å². The minimum atomic E-state index is 0.826. The minimum Gasteiger partial charge on any atom is -0.361 e. The second kappa shape index (κ2) is 8.34. The molecule has 0 atom stereocenters. The maximum Gasteiger partial charge on any atom is 0.133 e. The number of nitrogens with one attached hydrogen (secondary N) is 1. The minimum absolute atomic E-state index is 0.826. The van der Waals surface area contributed by atoms with E-state index in [1.807, 2.05) is 13.0 Å². The molecule has 1 N–H and O–H groups in total. The van der Waals surface area contributed by atoms with Gasteiger partial charge in [-0.25, -0.2) is 0 Å². The van der Waals surface area contributed by atoms with Gasteiger partial charge in [0.15, 0.2) is 0 Å². The van der Waals surface area contributed by atoms with Gasteiger partial charge in [-0.15, -0.1) is 0 Å². The van der Waals surface area contributed by atoms with Crippen molar-refractivity contribution in [3.05, 3.63) is 17.5 Å². The van der Waals surface area contributed by atoms with Gasteiger partial charge < -0.3 is 9.84 Å². The van der Waals surface area contributed by atoms with Gasteiger partial charge in [0.25, 0.3) is 0 Å². The normalized spacial score (nSPS) is 10.9. The van der Waals surface area contributed by atoms with Crippen LogP contribution in [0.25, 0.3) is 0 Å². The summed E-state index contributed by atoms with van der Waals surface area (Å²) < 4.78 is 5.00. The highest BCUT2D eigenvalue weighted by atomic mass is 16.5. The van der Waals surface area contributed by atoms with Crippen molar-refractivity contribution in [3.8, 4) is 0 Å². The fraction of sp³-hybridized carbons (Fsp3) is 0.769. The third kappa shape index (κ3) is 5.91. The molecule has 0 amide bonds. The predicted molar refractivity (Wildman–Crippen MR) is 66.3 cm³/mol. The molecule has 0 fully saturated rings. The second-order valence-corrected chi connectivity index (χ2v) is 4.37. The fourth-order valence-corrected chi connectivity index (χ4v) is 1.75. The van der Waals surface area contributed by atoms with E-state index in [-0.39, 0.29) is 0 Å². The van der Waals surface area contributed by atoms with Crippen LogP contribution in [0.1, 0.15) is 56.9 Å². The lowest BCUT2D eigenvalue weighted by Crippen LogP contribution is -2.14. The lowest BCUT2D eigenvalue weighted by Gasteiger charge is -2.02. The molecule has 0 saturated heterocycles. The molecule has 92 valence electrons. The fourth-order valence-electron chi connectivity index (χ4n) is 1.75. The van der Waals surface area contributed by atoms with Crippen molar-refractivity contribution in [2.45, 2.75) is 58.9 Å². The van der Waals surface area contributed by atoms with Gasteiger partial charge >= 0.3 is 0 Å². The predicted octanol–water partition coefficient (Wildman–Crippen LogP) is 3.43. The summed E-state index contributed by atoms with van der Waals surface area (Å²) >= 11 is 0. The summed E-state index contributed by atoms with van der Waals surface area (Å²) in [6, 6.07) is 1.98. The standard InChI is InChI=1S/C13H24N2O/c1-3-4-5-6-7-8-9-14-11-13-10-12(2)16-15-13/h10,14H,3-9,11H2,1-2H3. The smallest absolute Gasteiger partial charge is 0.133 e. The van der Waals surface area contributed by atoms with Gasteiger partial charge in [-0.2, -0.15) is 0 Å². The first kappa shape index (κ1) is 13.2. The summed E-state index contributed by atoms with van der Waals surface area (Å²) in [5, 5.41) is 7.32. The molecular weight excluding hydrogens is 200 g/mol. The summed E-state index contributed by atoms with van der Waals surface area (Å²) in [4.78, 5) is 0. The van der Waals surface area contributed by atoms with E-state index in [1.54, 1.807) is 0 Å². The van der Waals surface area contributed by atoms with E-state index in [1.165, 1.54) is 38.5 Å². The molecule has 16 heavy (non-hydrogen) atoms. The summed E-state index contributed by atoms with van der Waals surface area (Å²) in [5.41, 5.74) is 1.00. The van der Waals surface area contributed by atoms with Gasteiger partial charge in [0, 0.05) is 12.6 Å². The molecule has 1 aromatic rings. The molecule has 3 heteroatoms. The lowest BCUT2D eigenvalue weighted by molar-refractivity contribution is 0.388. The number of rotatable bonds is 9. The Bertz CT molecular complexity index is 271. The molecule has 0 aliphatic rings. The molecule has 1 aromatic heterocycles. The third-order valence-corrected chi connectivity index (χ3v) is 2.69. The van der Waals surface area contributed by atoms with Crippen molar-refractivity contribution >= 4 is 0 Å². The highest BCUT2D eigenvalue weighted by molar-refractivity contribution is 5.02. The zero-order valence-corrected chi connectivity index (χ0v) is 10.6. The first-order valence-corrected chi connectivity index (χ1v) is 6.46. The number of unbranched alkanes of at least 4 members (excludes halogenated alkanes) is 5. The topological polar surface area (TPSA) is 38.1 Å². The van der Waals surface area contributed by atoms with Gasteiger partial charge in [0.05, 0.1) is 5.69 Å². The van der Waals surface area contributed by atoms with Crippen molar-refractivity contribution in [1.29, 1.82) is 0 Å². The van der Waals surface area contributed by atoms with Crippen molar-refractivity contribution in [1.82, 2.24) is 10.5 Å². The largest absolute Gasteiger partial charge is 0.361 e. The molecule has 0 aliphatic heterocycles. The van der Waals surface area contributed by atoms with Crippen LogP contribution in [0.5, 0.6) is 0 Å². The lowest BCUT2D eigenvalue weighted by atomic mass is 10.1. The Labute approximate surface area is 98.6 Å². The maximum atomic E-state index is 5.00. The van der Waals surface area contributed by atoms with Crippen LogP contribution in [0.15, 0.2) is 10.6 Å². The van der Waals surface area contributed by atoms with E-state index in [2.05, 4.69) is 17.4 Å². The molecule has 0 aliphatic carbocycles. The Kier molecular flexibility index (Phi) is 6.90. The van der Waals surface area contributed by atoms with Crippen molar-refractivity contribution in [2.24, 2.45) is 0 Å². The van der Waals surface area contributed by atoms with Gasteiger partial charge in [-0.1, -0.05) is 44.2 Å². The van der Waals surface area contributed by atoms with E-state index in [9.17, 15) is 0 Å². The van der Waals surface area contributed by atoms with Gasteiger partial charge in [0.1, 0.15) is 5.76 Å². The van der Waals surface area contributed by atoms with E-state index in [4.69, 9.17) is 4.52 Å². The molecule has 0 unspecified atom stereocenters. The average Bonchev–Trinajstić information content (AvgIpc) is 2.68. The van der Waals surface area contributed by atoms with E-state index in [0.717, 1.165) is 24.5 Å². The highest BCUT2D eigenvalue weighted by Gasteiger charge is 1.98. The molecule has 3 nitrogen and oxygen atoms in total. The van der Waals surface area contributed by atoms with Crippen LogP contribution in [0.3, 0.4) is 0 Å². The highest BCUT2D eigenvalue weighted by Crippen LogP contribution is 2.04. The average molecular weight is 224 g/mol. The van der Waals surface area contributed by atoms with Gasteiger partial charge in [-0.05, 0) is 19.9 Å². The van der Waals surface area contributed by atoms with Crippen LogP contribution in [0, 0.1) is 6.92 Å². The maximum absolute atomic E-state index is 5.00. The van der Waals surface area contributed by atoms with E-state index >= 15 is 0 Å². The molecular formula is C13H24N2O.